The summed E-state index contributed by atoms with van der Waals surface area (Å²) < 4.78 is 9.97. The van der Waals surface area contributed by atoms with Gasteiger partial charge in [-0.2, -0.15) is 0 Å². The summed E-state index contributed by atoms with van der Waals surface area (Å²) >= 11 is 5.78. The number of ether oxygens (including phenoxy) is 2. The lowest BCUT2D eigenvalue weighted by Crippen LogP contribution is -2.31. The molecule has 0 aliphatic heterocycles. The molecule has 5 nitrogen and oxygen atoms in total. The van der Waals surface area contributed by atoms with E-state index in [1.165, 1.54) is 0 Å². The summed E-state index contributed by atoms with van der Waals surface area (Å²) in [7, 11) is 0. The van der Waals surface area contributed by atoms with E-state index >= 15 is 0 Å². The molecule has 1 amide bonds. The maximum Gasteiger partial charge on any atom is 0.307 e. The van der Waals surface area contributed by atoms with Crippen molar-refractivity contribution in [1.29, 1.82) is 0 Å². The summed E-state index contributed by atoms with van der Waals surface area (Å²) in [5.74, 6) is -0.115. The Kier molecular flexibility index (Phi) is 6.74. The predicted molar refractivity (Wildman–Crippen MR) is 71.2 cm³/mol. The van der Waals surface area contributed by atoms with E-state index in [-0.39, 0.29) is 31.4 Å². The van der Waals surface area contributed by atoms with Crippen LogP contribution in [0.15, 0.2) is 24.3 Å². The molecule has 1 N–H and O–H groups in total. The second-order valence-corrected chi connectivity index (χ2v) is 4.09. The van der Waals surface area contributed by atoms with Gasteiger partial charge in [0.25, 0.3) is 5.91 Å². The number of esters is 1. The third-order valence-corrected chi connectivity index (χ3v) is 2.36. The van der Waals surface area contributed by atoms with Gasteiger partial charge in [0.1, 0.15) is 5.75 Å². The maximum atomic E-state index is 11.4. The van der Waals surface area contributed by atoms with Gasteiger partial charge in [-0.1, -0.05) is 17.7 Å². The minimum atomic E-state index is -0.335. The van der Waals surface area contributed by atoms with E-state index in [1.807, 2.05) is 0 Å². The molecule has 0 spiro atoms. The number of halogens is 1. The lowest BCUT2D eigenvalue weighted by atomic mass is 10.3. The van der Waals surface area contributed by atoms with Gasteiger partial charge in [0, 0.05) is 11.6 Å². The molecule has 6 heteroatoms. The predicted octanol–water partition coefficient (Wildman–Crippen LogP) is 1.79. The number of carbonyl (C=O) groups is 2. The molecule has 19 heavy (non-hydrogen) atoms. The Morgan fingerprint density at radius 1 is 1.37 bits per heavy atom. The molecule has 1 aromatic rings. The molecule has 0 atom stereocenters. The number of rotatable bonds is 7. The fourth-order valence-corrected chi connectivity index (χ4v) is 1.47. The molecule has 1 aromatic carbocycles. The van der Waals surface area contributed by atoms with Crippen molar-refractivity contribution in [2.75, 3.05) is 19.8 Å². The molecule has 0 unspecified atom stereocenters. The highest BCUT2D eigenvalue weighted by molar-refractivity contribution is 6.30. The van der Waals surface area contributed by atoms with Crippen LogP contribution in [0.1, 0.15) is 13.3 Å². The van der Waals surface area contributed by atoms with E-state index in [4.69, 9.17) is 21.1 Å². The lowest BCUT2D eigenvalue weighted by Gasteiger charge is -2.07. The van der Waals surface area contributed by atoms with Crippen LogP contribution in [0.2, 0.25) is 5.02 Å². The summed E-state index contributed by atoms with van der Waals surface area (Å²) in [6.45, 7) is 2.18. The van der Waals surface area contributed by atoms with Crippen molar-refractivity contribution in [3.05, 3.63) is 29.3 Å². The Balaban J connectivity index is 2.19. The average Bonchev–Trinajstić information content (AvgIpc) is 2.37. The van der Waals surface area contributed by atoms with Crippen molar-refractivity contribution in [3.8, 4) is 5.75 Å². The second-order valence-electron chi connectivity index (χ2n) is 3.65. The van der Waals surface area contributed by atoms with Crippen LogP contribution in [0.4, 0.5) is 0 Å². The van der Waals surface area contributed by atoms with E-state index in [2.05, 4.69) is 5.32 Å². The van der Waals surface area contributed by atoms with Crippen LogP contribution >= 0.6 is 11.6 Å². The zero-order valence-corrected chi connectivity index (χ0v) is 11.4. The van der Waals surface area contributed by atoms with Crippen molar-refractivity contribution >= 4 is 23.5 Å². The zero-order valence-electron chi connectivity index (χ0n) is 10.6. The van der Waals surface area contributed by atoms with Crippen molar-refractivity contribution in [2.24, 2.45) is 0 Å². The topological polar surface area (TPSA) is 64.6 Å². The number of carbonyl (C=O) groups excluding carboxylic acids is 2. The minimum Gasteiger partial charge on any atom is -0.484 e. The molecule has 1 rings (SSSR count). The fourth-order valence-electron chi connectivity index (χ4n) is 1.29. The Bertz CT molecular complexity index is 436. The number of benzene rings is 1. The molecule has 0 heterocycles. The van der Waals surface area contributed by atoms with Gasteiger partial charge < -0.3 is 14.8 Å². The first-order valence-electron chi connectivity index (χ1n) is 5.92. The minimum absolute atomic E-state index is 0.122. The fraction of sp³-hybridized carbons (Fsp3) is 0.385. The van der Waals surface area contributed by atoms with Gasteiger partial charge in [0.2, 0.25) is 0 Å². The monoisotopic (exact) mass is 285 g/mol. The van der Waals surface area contributed by atoms with Gasteiger partial charge in [0.05, 0.1) is 13.0 Å². The van der Waals surface area contributed by atoms with E-state index in [9.17, 15) is 9.59 Å². The molecular formula is C13H16ClNO4. The third-order valence-electron chi connectivity index (χ3n) is 2.12. The number of hydrogen-bond donors (Lipinski definition) is 1. The molecule has 0 aliphatic rings. The quantitative estimate of drug-likeness (QED) is 0.776. The highest BCUT2D eigenvalue weighted by Crippen LogP contribution is 2.16. The zero-order chi connectivity index (χ0) is 14.1. The van der Waals surface area contributed by atoms with Crippen LogP contribution in [0.5, 0.6) is 5.75 Å². The summed E-state index contributed by atoms with van der Waals surface area (Å²) in [5, 5.41) is 3.10. The van der Waals surface area contributed by atoms with Gasteiger partial charge >= 0.3 is 5.97 Å². The van der Waals surface area contributed by atoms with Gasteiger partial charge in [-0.15, -0.1) is 0 Å². The smallest absolute Gasteiger partial charge is 0.307 e. The molecule has 0 saturated carbocycles. The Hall–Kier alpha value is -1.75. The number of nitrogens with one attached hydrogen (secondary N) is 1. The van der Waals surface area contributed by atoms with Gasteiger partial charge in [-0.25, -0.2) is 0 Å². The van der Waals surface area contributed by atoms with E-state index < -0.39 is 0 Å². The average molecular weight is 286 g/mol. The van der Waals surface area contributed by atoms with Gasteiger partial charge in [-0.05, 0) is 25.1 Å². The lowest BCUT2D eigenvalue weighted by molar-refractivity contribution is -0.143. The molecule has 0 bridgehead atoms. The standard InChI is InChI=1S/C13H16ClNO4/c1-2-18-13(17)6-7-15-12(16)9-19-11-5-3-4-10(14)8-11/h3-5,8H,2,6-7,9H2,1H3,(H,15,16). The van der Waals surface area contributed by atoms with Gasteiger partial charge in [-0.3, -0.25) is 9.59 Å². The number of amides is 1. The third kappa shape index (κ3) is 6.67. The first kappa shape index (κ1) is 15.3. The first-order valence-corrected chi connectivity index (χ1v) is 6.30. The number of hydrogen-bond acceptors (Lipinski definition) is 4. The highest BCUT2D eigenvalue weighted by atomic mass is 35.5. The second kappa shape index (κ2) is 8.37. The molecule has 0 fully saturated rings. The van der Waals surface area contributed by atoms with Crippen LogP contribution in [-0.2, 0) is 14.3 Å². The van der Waals surface area contributed by atoms with Crippen LogP contribution in [0.3, 0.4) is 0 Å². The van der Waals surface area contributed by atoms with E-state index in [0.717, 1.165) is 0 Å². The summed E-state index contributed by atoms with van der Waals surface area (Å²) in [5.41, 5.74) is 0. The largest absolute Gasteiger partial charge is 0.484 e. The van der Waals surface area contributed by atoms with Crippen molar-refractivity contribution < 1.29 is 19.1 Å². The summed E-state index contributed by atoms with van der Waals surface area (Å²) in [6.07, 6.45) is 0.150. The van der Waals surface area contributed by atoms with Crippen LogP contribution in [0.25, 0.3) is 0 Å². The van der Waals surface area contributed by atoms with Crippen LogP contribution in [0, 0.1) is 0 Å². The van der Waals surface area contributed by atoms with Crippen molar-refractivity contribution in [3.63, 3.8) is 0 Å². The molecule has 0 saturated heterocycles. The summed E-state index contributed by atoms with van der Waals surface area (Å²) in [6, 6.07) is 6.77. The molecular weight excluding hydrogens is 270 g/mol. The van der Waals surface area contributed by atoms with Crippen LogP contribution in [-0.4, -0.2) is 31.6 Å². The highest BCUT2D eigenvalue weighted by Gasteiger charge is 2.05. The SMILES string of the molecule is CCOC(=O)CCNC(=O)COc1cccc(Cl)c1. The summed E-state index contributed by atoms with van der Waals surface area (Å²) in [4.78, 5) is 22.4. The molecule has 0 aromatic heterocycles. The maximum absolute atomic E-state index is 11.4. The molecule has 104 valence electrons. The normalized spacial score (nSPS) is 9.79. The Morgan fingerprint density at radius 3 is 2.84 bits per heavy atom. The van der Waals surface area contributed by atoms with Crippen molar-refractivity contribution in [2.45, 2.75) is 13.3 Å². The van der Waals surface area contributed by atoms with Crippen LogP contribution < -0.4 is 10.1 Å². The van der Waals surface area contributed by atoms with Gasteiger partial charge in [0.15, 0.2) is 6.61 Å². The van der Waals surface area contributed by atoms with Crippen molar-refractivity contribution in [1.82, 2.24) is 5.32 Å². The van der Waals surface area contributed by atoms with E-state index in [0.29, 0.717) is 17.4 Å². The Labute approximate surface area is 116 Å². The first-order chi connectivity index (χ1) is 9.11. The molecule has 0 aliphatic carbocycles. The molecule has 0 radical (unpaired) electrons. The van der Waals surface area contributed by atoms with E-state index in [1.54, 1.807) is 31.2 Å². The Morgan fingerprint density at radius 2 is 2.16 bits per heavy atom.